The number of amides is 1. The highest BCUT2D eigenvalue weighted by atomic mass is 79.9. The average Bonchev–Trinajstić information content (AvgIpc) is 2.16. The molecule has 14 heavy (non-hydrogen) atoms. The number of piperidine rings is 1. The van der Waals surface area contributed by atoms with E-state index in [2.05, 4.69) is 29.8 Å². The molecule has 2 unspecified atom stereocenters. The molecule has 1 saturated heterocycles. The molecule has 1 amide bonds. The number of nitrogens with zero attached hydrogens (tertiary/aromatic N) is 1. The van der Waals surface area contributed by atoms with Crippen LogP contribution in [0.1, 0.15) is 40.0 Å². The number of rotatable bonds is 1. The molecule has 0 saturated carbocycles. The van der Waals surface area contributed by atoms with Crippen LogP contribution >= 0.6 is 15.9 Å². The van der Waals surface area contributed by atoms with Gasteiger partial charge in [-0.1, -0.05) is 15.9 Å². The first-order valence-electron chi connectivity index (χ1n) is 5.17. The molecule has 0 bridgehead atoms. The van der Waals surface area contributed by atoms with Crippen molar-refractivity contribution in [1.82, 2.24) is 4.90 Å². The number of halogens is 1. The maximum Gasteiger partial charge on any atom is 0.250 e. The van der Waals surface area contributed by atoms with E-state index in [1.54, 1.807) is 4.99 Å². The van der Waals surface area contributed by atoms with Gasteiger partial charge in [-0.25, -0.2) is 0 Å². The van der Waals surface area contributed by atoms with Crippen molar-refractivity contribution < 1.29 is 4.79 Å². The Labute approximate surface area is 94.5 Å². The number of carbonyl (C=O) groups excluding carboxylic acids is 1. The lowest BCUT2D eigenvalue weighted by atomic mass is 9.97. The molecule has 0 N–H and O–H groups in total. The van der Waals surface area contributed by atoms with Gasteiger partial charge in [0.15, 0.2) is 0 Å². The van der Waals surface area contributed by atoms with E-state index in [1.165, 1.54) is 6.42 Å². The molecule has 0 aromatic heterocycles. The fraction of sp³-hybridized carbons (Fsp3) is 0.727. The van der Waals surface area contributed by atoms with Crippen molar-refractivity contribution in [2.24, 2.45) is 0 Å². The Bertz CT molecular complexity index is 240. The number of likely N-dealkylation sites (tertiary alicyclic amines) is 1. The standard InChI is InChI=1S/C11H18BrNO/c1-8(7-12)11(14)13-9(2)5-4-6-10(13)3/h7,9-10H,4-6H2,1-3H3. The van der Waals surface area contributed by atoms with E-state index in [0.717, 1.165) is 18.4 Å². The minimum Gasteiger partial charge on any atom is -0.334 e. The third kappa shape index (κ3) is 2.38. The zero-order chi connectivity index (χ0) is 10.7. The molecule has 1 heterocycles. The fourth-order valence-corrected chi connectivity index (χ4v) is 2.27. The highest BCUT2D eigenvalue weighted by Gasteiger charge is 2.29. The Morgan fingerprint density at radius 2 is 1.86 bits per heavy atom. The molecule has 80 valence electrons. The topological polar surface area (TPSA) is 20.3 Å². The summed E-state index contributed by atoms with van der Waals surface area (Å²) in [7, 11) is 0. The summed E-state index contributed by atoms with van der Waals surface area (Å²) in [6.45, 7) is 6.12. The molecule has 2 atom stereocenters. The van der Waals surface area contributed by atoms with Crippen molar-refractivity contribution in [3.8, 4) is 0 Å². The van der Waals surface area contributed by atoms with Gasteiger partial charge in [0.2, 0.25) is 5.91 Å². The van der Waals surface area contributed by atoms with Gasteiger partial charge in [-0.05, 0) is 45.0 Å². The van der Waals surface area contributed by atoms with E-state index in [9.17, 15) is 4.79 Å². The molecular weight excluding hydrogens is 242 g/mol. The Morgan fingerprint density at radius 1 is 1.36 bits per heavy atom. The van der Waals surface area contributed by atoms with Crippen LogP contribution < -0.4 is 0 Å². The molecule has 1 aliphatic heterocycles. The maximum absolute atomic E-state index is 12.0. The lowest BCUT2D eigenvalue weighted by molar-refractivity contribution is -0.132. The van der Waals surface area contributed by atoms with E-state index in [4.69, 9.17) is 0 Å². The van der Waals surface area contributed by atoms with Crippen LogP contribution in [0.4, 0.5) is 0 Å². The first kappa shape index (κ1) is 11.8. The predicted octanol–water partition coefficient (Wildman–Crippen LogP) is 3.07. The first-order chi connectivity index (χ1) is 6.57. The van der Waals surface area contributed by atoms with Crippen molar-refractivity contribution in [3.05, 3.63) is 10.6 Å². The van der Waals surface area contributed by atoms with E-state index >= 15 is 0 Å². The SMILES string of the molecule is CC(=CBr)C(=O)N1C(C)CCCC1C. The predicted molar refractivity (Wildman–Crippen MR) is 62.3 cm³/mol. The number of hydrogen-bond donors (Lipinski definition) is 0. The molecular formula is C11H18BrNO. The summed E-state index contributed by atoms with van der Waals surface area (Å²) in [6.07, 6.45) is 3.50. The first-order valence-corrected chi connectivity index (χ1v) is 6.09. The molecule has 3 heteroatoms. The lowest BCUT2D eigenvalue weighted by Gasteiger charge is -2.39. The second-order valence-corrected chi connectivity index (χ2v) is 4.59. The van der Waals surface area contributed by atoms with E-state index < -0.39 is 0 Å². The smallest absolute Gasteiger partial charge is 0.250 e. The van der Waals surface area contributed by atoms with Gasteiger partial charge in [-0.3, -0.25) is 4.79 Å². The molecule has 0 aromatic rings. The van der Waals surface area contributed by atoms with Crippen LogP contribution in [0.2, 0.25) is 0 Å². The third-order valence-corrected chi connectivity index (χ3v) is 3.62. The van der Waals surface area contributed by atoms with Gasteiger partial charge in [-0.15, -0.1) is 0 Å². The van der Waals surface area contributed by atoms with Crippen molar-refractivity contribution in [3.63, 3.8) is 0 Å². The highest BCUT2D eigenvalue weighted by molar-refractivity contribution is 9.11. The molecule has 0 spiro atoms. The van der Waals surface area contributed by atoms with E-state index in [0.29, 0.717) is 12.1 Å². The van der Waals surface area contributed by atoms with Crippen molar-refractivity contribution in [2.75, 3.05) is 0 Å². The van der Waals surface area contributed by atoms with Crippen LogP contribution in [0.25, 0.3) is 0 Å². The summed E-state index contributed by atoms with van der Waals surface area (Å²) in [5.41, 5.74) is 0.783. The Morgan fingerprint density at radius 3 is 2.29 bits per heavy atom. The van der Waals surface area contributed by atoms with Gasteiger partial charge in [-0.2, -0.15) is 0 Å². The summed E-state index contributed by atoms with van der Waals surface area (Å²) in [6, 6.07) is 0.766. The number of carbonyl (C=O) groups is 1. The van der Waals surface area contributed by atoms with Crippen LogP contribution in [0.15, 0.2) is 10.6 Å². The second kappa shape index (κ2) is 4.96. The number of hydrogen-bond acceptors (Lipinski definition) is 1. The molecule has 1 aliphatic rings. The Kier molecular flexibility index (Phi) is 4.17. The van der Waals surface area contributed by atoms with Crippen molar-refractivity contribution in [2.45, 2.75) is 52.1 Å². The summed E-state index contributed by atoms with van der Waals surface area (Å²) in [5, 5.41) is 0. The molecule has 2 nitrogen and oxygen atoms in total. The Hall–Kier alpha value is -0.310. The molecule has 0 aliphatic carbocycles. The second-order valence-electron chi connectivity index (χ2n) is 4.13. The molecule has 0 aromatic carbocycles. The lowest BCUT2D eigenvalue weighted by Crippen LogP contribution is -2.47. The fourth-order valence-electron chi connectivity index (χ4n) is 2.07. The molecule has 1 fully saturated rings. The van der Waals surface area contributed by atoms with Gasteiger partial charge in [0.25, 0.3) is 0 Å². The normalized spacial score (nSPS) is 29.1. The largest absolute Gasteiger partial charge is 0.334 e. The van der Waals surface area contributed by atoms with Gasteiger partial charge in [0.05, 0.1) is 0 Å². The summed E-state index contributed by atoms with van der Waals surface area (Å²) < 4.78 is 0. The van der Waals surface area contributed by atoms with Crippen molar-refractivity contribution in [1.29, 1.82) is 0 Å². The van der Waals surface area contributed by atoms with Crippen LogP contribution in [0, 0.1) is 0 Å². The Balaban J connectivity index is 2.77. The van der Waals surface area contributed by atoms with Crippen LogP contribution in [-0.4, -0.2) is 22.9 Å². The van der Waals surface area contributed by atoms with Gasteiger partial charge in [0, 0.05) is 17.7 Å². The highest BCUT2D eigenvalue weighted by Crippen LogP contribution is 2.24. The zero-order valence-corrected chi connectivity index (χ0v) is 10.7. The third-order valence-electron chi connectivity index (χ3n) is 2.93. The minimum atomic E-state index is 0.168. The monoisotopic (exact) mass is 259 g/mol. The van der Waals surface area contributed by atoms with Gasteiger partial charge in [0.1, 0.15) is 0 Å². The molecule has 1 rings (SSSR count). The summed E-state index contributed by atoms with van der Waals surface area (Å²) in [5.74, 6) is 0.168. The van der Waals surface area contributed by atoms with Crippen LogP contribution in [0.3, 0.4) is 0 Å². The van der Waals surface area contributed by atoms with Gasteiger partial charge < -0.3 is 4.90 Å². The average molecular weight is 260 g/mol. The minimum absolute atomic E-state index is 0.168. The maximum atomic E-state index is 12.0. The van der Waals surface area contributed by atoms with Gasteiger partial charge >= 0.3 is 0 Å². The van der Waals surface area contributed by atoms with Crippen LogP contribution in [-0.2, 0) is 4.79 Å². The van der Waals surface area contributed by atoms with E-state index in [-0.39, 0.29) is 5.91 Å². The summed E-state index contributed by atoms with van der Waals surface area (Å²) in [4.78, 5) is 15.7. The van der Waals surface area contributed by atoms with E-state index in [1.807, 2.05) is 11.8 Å². The quantitative estimate of drug-likeness (QED) is 0.663. The zero-order valence-electron chi connectivity index (χ0n) is 9.09. The molecule has 0 radical (unpaired) electrons. The van der Waals surface area contributed by atoms with Crippen LogP contribution in [0.5, 0.6) is 0 Å². The summed E-state index contributed by atoms with van der Waals surface area (Å²) >= 11 is 3.21. The van der Waals surface area contributed by atoms with Crippen molar-refractivity contribution >= 4 is 21.8 Å².